The monoisotopic (exact) mass is 300 g/mol. The van der Waals surface area contributed by atoms with Gasteiger partial charge in [0.2, 0.25) is 10.0 Å². The lowest BCUT2D eigenvalue weighted by Crippen LogP contribution is -2.29. The number of benzene rings is 1. The van der Waals surface area contributed by atoms with Gasteiger partial charge in [0.15, 0.2) is 0 Å². The summed E-state index contributed by atoms with van der Waals surface area (Å²) >= 11 is 0. The Labute approximate surface area is 116 Å². The number of rotatable bonds is 6. The first-order chi connectivity index (χ1) is 9.36. The Morgan fingerprint density at radius 3 is 2.65 bits per heavy atom. The molecule has 2 rings (SSSR count). The van der Waals surface area contributed by atoms with Gasteiger partial charge in [-0.1, -0.05) is 0 Å². The number of hydrogen-bond acceptors (Lipinski definition) is 6. The molecule has 1 aliphatic carbocycles. The molecule has 110 valence electrons. The number of nitrogen functional groups attached to an aromatic ring is 1. The molecule has 1 fully saturated rings. The van der Waals surface area contributed by atoms with Crippen LogP contribution in [-0.4, -0.2) is 31.2 Å². The smallest absolute Gasteiger partial charge is 0.293 e. The zero-order valence-corrected chi connectivity index (χ0v) is 11.8. The molecule has 0 spiro atoms. The van der Waals surface area contributed by atoms with Crippen LogP contribution >= 0.6 is 0 Å². The summed E-state index contributed by atoms with van der Waals surface area (Å²) in [6.45, 7) is 0.463. The number of nitro benzene ring substituents is 1. The average Bonchev–Trinajstić information content (AvgIpc) is 3.21. The maximum absolute atomic E-state index is 12.3. The van der Waals surface area contributed by atoms with Crippen LogP contribution in [-0.2, 0) is 10.0 Å². The topological polar surface area (TPSA) is 119 Å². The Morgan fingerprint density at radius 1 is 1.50 bits per heavy atom. The van der Waals surface area contributed by atoms with Crippen molar-refractivity contribution in [3.63, 3.8) is 0 Å². The van der Waals surface area contributed by atoms with Crippen LogP contribution in [0.1, 0.15) is 12.8 Å². The molecular weight excluding hydrogens is 284 g/mol. The molecule has 1 saturated carbocycles. The molecular formula is C11H16N4O4S. The van der Waals surface area contributed by atoms with E-state index in [1.807, 2.05) is 0 Å². The third-order valence-electron chi connectivity index (χ3n) is 3.24. The summed E-state index contributed by atoms with van der Waals surface area (Å²) in [6, 6.07) is 3.53. The summed E-state index contributed by atoms with van der Waals surface area (Å²) in [5.74, 6) is 5.62. The first-order valence-corrected chi connectivity index (χ1v) is 7.51. The lowest BCUT2D eigenvalue weighted by atomic mass is 10.3. The second-order valence-corrected chi connectivity index (χ2v) is 6.85. The first kappa shape index (κ1) is 14.7. The van der Waals surface area contributed by atoms with Crippen LogP contribution in [0, 0.1) is 16.0 Å². The minimum absolute atomic E-state index is 0.0146. The highest BCUT2D eigenvalue weighted by Gasteiger charge is 2.30. The summed E-state index contributed by atoms with van der Waals surface area (Å²) in [7, 11) is -2.15. The second kappa shape index (κ2) is 5.35. The van der Waals surface area contributed by atoms with Crippen LogP contribution in [0.25, 0.3) is 0 Å². The fourth-order valence-electron chi connectivity index (χ4n) is 1.89. The Kier molecular flexibility index (Phi) is 3.93. The Morgan fingerprint density at radius 2 is 2.15 bits per heavy atom. The molecule has 0 atom stereocenters. The van der Waals surface area contributed by atoms with Gasteiger partial charge in [0.05, 0.1) is 9.82 Å². The van der Waals surface area contributed by atoms with Crippen LogP contribution in [0.5, 0.6) is 0 Å². The van der Waals surface area contributed by atoms with Gasteiger partial charge in [0, 0.05) is 19.7 Å². The highest BCUT2D eigenvalue weighted by molar-refractivity contribution is 7.89. The number of hydrogen-bond donors (Lipinski definition) is 2. The van der Waals surface area contributed by atoms with E-state index in [0.717, 1.165) is 18.9 Å². The molecule has 20 heavy (non-hydrogen) atoms. The molecule has 1 aromatic carbocycles. The quantitative estimate of drug-likeness (QED) is 0.458. The highest BCUT2D eigenvalue weighted by Crippen LogP contribution is 2.32. The van der Waals surface area contributed by atoms with Crippen LogP contribution in [0.3, 0.4) is 0 Å². The third-order valence-corrected chi connectivity index (χ3v) is 5.06. The normalized spacial score (nSPS) is 15.3. The number of sulfonamides is 1. The van der Waals surface area contributed by atoms with E-state index in [1.54, 1.807) is 0 Å². The Bertz CT molecular complexity index is 627. The van der Waals surface area contributed by atoms with Gasteiger partial charge in [-0.2, -0.15) is 0 Å². The number of nitrogens with zero attached hydrogens (tertiary/aromatic N) is 2. The summed E-state index contributed by atoms with van der Waals surface area (Å²) < 4.78 is 25.9. The Hall–Kier alpha value is -1.71. The van der Waals surface area contributed by atoms with Gasteiger partial charge in [-0.3, -0.25) is 16.0 Å². The SMILES string of the molecule is CN(CC1CC1)S(=O)(=O)c1ccc([N+](=O)[O-])c(NN)c1. The Balaban J connectivity index is 2.33. The average molecular weight is 300 g/mol. The van der Waals surface area contributed by atoms with Crippen molar-refractivity contribution in [2.24, 2.45) is 11.8 Å². The number of nitrogens with two attached hydrogens (primary N) is 1. The van der Waals surface area contributed by atoms with Crippen LogP contribution in [0.15, 0.2) is 23.1 Å². The zero-order chi connectivity index (χ0) is 14.9. The van der Waals surface area contributed by atoms with Crippen molar-refractivity contribution in [2.45, 2.75) is 17.7 Å². The zero-order valence-electron chi connectivity index (χ0n) is 10.9. The van der Waals surface area contributed by atoms with Gasteiger partial charge in [-0.15, -0.1) is 0 Å². The first-order valence-electron chi connectivity index (χ1n) is 6.07. The van der Waals surface area contributed by atoms with Crippen molar-refractivity contribution < 1.29 is 13.3 Å². The summed E-state index contributed by atoms with van der Waals surface area (Å²) in [6.07, 6.45) is 2.07. The van der Waals surface area contributed by atoms with Crippen LogP contribution in [0.2, 0.25) is 0 Å². The van der Waals surface area contributed by atoms with Crippen LogP contribution < -0.4 is 11.3 Å². The van der Waals surface area contributed by atoms with E-state index in [0.29, 0.717) is 12.5 Å². The predicted octanol–water partition coefficient (Wildman–Crippen LogP) is 0.911. The molecule has 0 aromatic heterocycles. The maximum Gasteiger partial charge on any atom is 0.293 e. The summed E-state index contributed by atoms with van der Waals surface area (Å²) in [5, 5.41) is 10.8. The molecule has 0 aliphatic heterocycles. The lowest BCUT2D eigenvalue weighted by Gasteiger charge is -2.17. The molecule has 0 saturated heterocycles. The molecule has 0 radical (unpaired) electrons. The molecule has 0 bridgehead atoms. The summed E-state index contributed by atoms with van der Waals surface area (Å²) in [4.78, 5) is 10.1. The van der Waals surface area contributed by atoms with E-state index in [1.165, 1.54) is 23.5 Å². The third kappa shape index (κ3) is 2.89. The van der Waals surface area contributed by atoms with Gasteiger partial charge >= 0.3 is 0 Å². The molecule has 3 N–H and O–H groups in total. The fourth-order valence-corrected chi connectivity index (χ4v) is 3.17. The predicted molar refractivity (Wildman–Crippen MR) is 73.4 cm³/mol. The van der Waals surface area contributed by atoms with Gasteiger partial charge < -0.3 is 5.43 Å². The second-order valence-electron chi connectivity index (χ2n) is 4.81. The number of anilines is 1. The van der Waals surface area contributed by atoms with E-state index >= 15 is 0 Å². The van der Waals surface area contributed by atoms with Crippen molar-refractivity contribution in [1.29, 1.82) is 0 Å². The van der Waals surface area contributed by atoms with Gasteiger partial charge in [0.25, 0.3) is 5.69 Å². The molecule has 0 amide bonds. The molecule has 1 aliphatic rings. The van der Waals surface area contributed by atoms with Gasteiger partial charge in [0.1, 0.15) is 5.69 Å². The molecule has 0 unspecified atom stereocenters. The molecule has 0 heterocycles. The van der Waals surface area contributed by atoms with Crippen molar-refractivity contribution in [3.8, 4) is 0 Å². The minimum Gasteiger partial charge on any atom is -0.318 e. The van der Waals surface area contributed by atoms with E-state index in [4.69, 9.17) is 5.84 Å². The number of nitro groups is 1. The minimum atomic E-state index is -3.65. The van der Waals surface area contributed by atoms with E-state index in [2.05, 4.69) is 5.43 Å². The number of hydrazine groups is 1. The van der Waals surface area contributed by atoms with E-state index in [9.17, 15) is 18.5 Å². The lowest BCUT2D eigenvalue weighted by molar-refractivity contribution is -0.384. The van der Waals surface area contributed by atoms with Gasteiger partial charge in [-0.05, 0) is 30.9 Å². The molecule has 1 aromatic rings. The fraction of sp³-hybridized carbons (Fsp3) is 0.455. The number of nitrogens with one attached hydrogen (secondary N) is 1. The van der Waals surface area contributed by atoms with Crippen molar-refractivity contribution >= 4 is 21.4 Å². The molecule has 8 nitrogen and oxygen atoms in total. The van der Waals surface area contributed by atoms with Crippen molar-refractivity contribution in [1.82, 2.24) is 4.31 Å². The standard InChI is InChI=1S/C11H16N4O4S/c1-14(7-8-2-3-8)20(18,19)9-4-5-11(15(16)17)10(6-9)13-12/h4-6,8,13H,2-3,7,12H2,1H3. The highest BCUT2D eigenvalue weighted by atomic mass is 32.2. The van der Waals surface area contributed by atoms with Gasteiger partial charge in [-0.25, -0.2) is 12.7 Å². The van der Waals surface area contributed by atoms with E-state index in [-0.39, 0.29) is 16.3 Å². The largest absolute Gasteiger partial charge is 0.318 e. The molecule has 9 heteroatoms. The summed E-state index contributed by atoms with van der Waals surface area (Å²) in [5.41, 5.74) is 1.86. The maximum atomic E-state index is 12.3. The van der Waals surface area contributed by atoms with Crippen molar-refractivity contribution in [3.05, 3.63) is 28.3 Å². The van der Waals surface area contributed by atoms with E-state index < -0.39 is 14.9 Å². The van der Waals surface area contributed by atoms with Crippen LogP contribution in [0.4, 0.5) is 11.4 Å². The van der Waals surface area contributed by atoms with Crippen molar-refractivity contribution in [2.75, 3.05) is 19.0 Å².